The Bertz CT molecular complexity index is 557. The maximum Gasteiger partial charge on any atom is 0.123 e. The molecule has 2 aromatic rings. The van der Waals surface area contributed by atoms with Crippen molar-refractivity contribution in [3.05, 3.63) is 63.9 Å². The SMILES string of the molecule is CC(NCc1cc(F)ccc1O)c1ccc(Br)cc1. The number of hydrogen-bond acceptors (Lipinski definition) is 2. The molecule has 0 spiro atoms. The Balaban J connectivity index is 2.02. The van der Waals surface area contributed by atoms with Gasteiger partial charge in [0, 0.05) is 22.6 Å². The molecule has 19 heavy (non-hydrogen) atoms. The first-order valence-corrected chi connectivity index (χ1v) is 6.82. The van der Waals surface area contributed by atoms with Gasteiger partial charge in [0.2, 0.25) is 0 Å². The van der Waals surface area contributed by atoms with Gasteiger partial charge in [0.1, 0.15) is 11.6 Å². The standard InChI is InChI=1S/C15H15BrFNO/c1-10(11-2-4-13(16)5-3-11)18-9-12-8-14(17)6-7-15(12)19/h2-8,10,18-19H,9H2,1H3. The fraction of sp³-hybridized carbons (Fsp3) is 0.200. The minimum atomic E-state index is -0.342. The highest BCUT2D eigenvalue weighted by atomic mass is 79.9. The minimum absolute atomic E-state index is 0.108. The van der Waals surface area contributed by atoms with Crippen LogP contribution < -0.4 is 5.32 Å². The van der Waals surface area contributed by atoms with Gasteiger partial charge in [-0.15, -0.1) is 0 Å². The van der Waals surface area contributed by atoms with Crippen LogP contribution in [0.15, 0.2) is 46.9 Å². The van der Waals surface area contributed by atoms with Crippen molar-refractivity contribution in [2.45, 2.75) is 19.5 Å². The second-order valence-corrected chi connectivity index (χ2v) is 5.34. The molecule has 0 amide bonds. The van der Waals surface area contributed by atoms with Crippen LogP contribution in [0.2, 0.25) is 0 Å². The molecule has 0 aliphatic carbocycles. The van der Waals surface area contributed by atoms with Gasteiger partial charge in [0.15, 0.2) is 0 Å². The molecule has 1 unspecified atom stereocenters. The number of aromatic hydroxyl groups is 1. The lowest BCUT2D eigenvalue weighted by Gasteiger charge is -2.15. The summed E-state index contributed by atoms with van der Waals surface area (Å²) in [6.45, 7) is 2.44. The number of benzene rings is 2. The van der Waals surface area contributed by atoms with Gasteiger partial charge in [0.05, 0.1) is 0 Å². The number of hydrogen-bond donors (Lipinski definition) is 2. The van der Waals surface area contributed by atoms with E-state index in [2.05, 4.69) is 21.2 Å². The van der Waals surface area contributed by atoms with E-state index in [9.17, 15) is 9.50 Å². The molecular weight excluding hydrogens is 309 g/mol. The van der Waals surface area contributed by atoms with Gasteiger partial charge in [-0.25, -0.2) is 4.39 Å². The fourth-order valence-corrected chi connectivity index (χ4v) is 2.09. The highest BCUT2D eigenvalue weighted by Gasteiger charge is 2.07. The van der Waals surface area contributed by atoms with Crippen LogP contribution in [0.5, 0.6) is 5.75 Å². The lowest BCUT2D eigenvalue weighted by atomic mass is 10.1. The van der Waals surface area contributed by atoms with Crippen molar-refractivity contribution in [2.24, 2.45) is 0 Å². The normalized spacial score (nSPS) is 12.4. The molecule has 100 valence electrons. The molecule has 0 radical (unpaired) electrons. The molecule has 4 heteroatoms. The van der Waals surface area contributed by atoms with E-state index in [-0.39, 0.29) is 17.6 Å². The second kappa shape index (κ2) is 6.17. The molecule has 0 fully saturated rings. The zero-order chi connectivity index (χ0) is 13.8. The van der Waals surface area contributed by atoms with E-state index < -0.39 is 0 Å². The Morgan fingerprint density at radius 2 is 1.89 bits per heavy atom. The van der Waals surface area contributed by atoms with E-state index in [4.69, 9.17) is 0 Å². The van der Waals surface area contributed by atoms with Gasteiger partial charge in [-0.2, -0.15) is 0 Å². The first-order valence-electron chi connectivity index (χ1n) is 6.02. The highest BCUT2D eigenvalue weighted by Crippen LogP contribution is 2.20. The van der Waals surface area contributed by atoms with Crippen molar-refractivity contribution in [1.29, 1.82) is 0 Å². The topological polar surface area (TPSA) is 32.3 Å². The Kier molecular flexibility index (Phi) is 4.56. The summed E-state index contributed by atoms with van der Waals surface area (Å²) in [7, 11) is 0. The largest absolute Gasteiger partial charge is 0.508 e. The third-order valence-corrected chi connectivity index (χ3v) is 3.54. The summed E-state index contributed by atoms with van der Waals surface area (Å²) in [5, 5.41) is 12.9. The van der Waals surface area contributed by atoms with Crippen molar-refractivity contribution in [3.8, 4) is 5.75 Å². The maximum atomic E-state index is 13.1. The number of nitrogens with one attached hydrogen (secondary N) is 1. The molecule has 0 saturated heterocycles. The van der Waals surface area contributed by atoms with Crippen LogP contribution >= 0.6 is 15.9 Å². The monoisotopic (exact) mass is 323 g/mol. The Morgan fingerprint density at radius 1 is 1.21 bits per heavy atom. The Hall–Kier alpha value is -1.39. The quantitative estimate of drug-likeness (QED) is 0.886. The predicted molar refractivity (Wildman–Crippen MR) is 77.5 cm³/mol. The summed E-state index contributed by atoms with van der Waals surface area (Å²) in [6, 6.07) is 12.1. The van der Waals surface area contributed by atoms with Gasteiger partial charge >= 0.3 is 0 Å². The molecule has 0 saturated carbocycles. The highest BCUT2D eigenvalue weighted by molar-refractivity contribution is 9.10. The van der Waals surface area contributed by atoms with Crippen LogP contribution in [0.4, 0.5) is 4.39 Å². The molecule has 0 aromatic heterocycles. The maximum absolute atomic E-state index is 13.1. The smallest absolute Gasteiger partial charge is 0.123 e. The average Bonchev–Trinajstić information content (AvgIpc) is 2.40. The van der Waals surface area contributed by atoms with Gasteiger partial charge in [0.25, 0.3) is 0 Å². The van der Waals surface area contributed by atoms with Crippen LogP contribution in [0, 0.1) is 5.82 Å². The number of phenols is 1. The molecule has 1 atom stereocenters. The molecule has 0 bridgehead atoms. The second-order valence-electron chi connectivity index (χ2n) is 4.43. The van der Waals surface area contributed by atoms with Crippen molar-refractivity contribution in [2.75, 3.05) is 0 Å². The summed E-state index contributed by atoms with van der Waals surface area (Å²) in [4.78, 5) is 0. The predicted octanol–water partition coefficient (Wildman–Crippen LogP) is 4.14. The summed E-state index contributed by atoms with van der Waals surface area (Å²) in [5.74, 6) is -0.234. The van der Waals surface area contributed by atoms with E-state index in [0.29, 0.717) is 12.1 Å². The first kappa shape index (κ1) is 14.0. The summed E-state index contributed by atoms with van der Waals surface area (Å²) < 4.78 is 14.1. The van der Waals surface area contributed by atoms with Crippen LogP contribution in [0.25, 0.3) is 0 Å². The van der Waals surface area contributed by atoms with E-state index in [1.54, 1.807) is 0 Å². The molecule has 2 rings (SSSR count). The van der Waals surface area contributed by atoms with Gasteiger partial charge in [-0.05, 0) is 42.8 Å². The van der Waals surface area contributed by atoms with Crippen LogP contribution in [0.3, 0.4) is 0 Å². The molecule has 2 nitrogen and oxygen atoms in total. The zero-order valence-corrected chi connectivity index (χ0v) is 12.1. The molecule has 2 aromatic carbocycles. The van der Waals surface area contributed by atoms with E-state index in [1.165, 1.54) is 18.2 Å². The van der Waals surface area contributed by atoms with Crippen molar-refractivity contribution >= 4 is 15.9 Å². The number of phenolic OH excluding ortho intramolecular Hbond substituents is 1. The van der Waals surface area contributed by atoms with Crippen molar-refractivity contribution < 1.29 is 9.50 Å². The van der Waals surface area contributed by atoms with Gasteiger partial charge in [-0.3, -0.25) is 0 Å². The first-order chi connectivity index (χ1) is 9.06. The van der Waals surface area contributed by atoms with Crippen molar-refractivity contribution in [3.63, 3.8) is 0 Å². The van der Waals surface area contributed by atoms with Gasteiger partial charge in [-0.1, -0.05) is 28.1 Å². The van der Waals surface area contributed by atoms with Gasteiger partial charge < -0.3 is 10.4 Å². The van der Waals surface area contributed by atoms with Crippen LogP contribution in [0.1, 0.15) is 24.1 Å². The van der Waals surface area contributed by atoms with Crippen molar-refractivity contribution in [1.82, 2.24) is 5.32 Å². The summed E-state index contributed by atoms with van der Waals surface area (Å²) in [6.07, 6.45) is 0. The number of rotatable bonds is 4. The van der Waals surface area contributed by atoms with E-state index in [1.807, 2.05) is 31.2 Å². The fourth-order valence-electron chi connectivity index (χ4n) is 1.83. The molecule has 0 heterocycles. The Labute approximate surface area is 120 Å². The van der Waals surface area contributed by atoms with Crippen LogP contribution in [-0.2, 0) is 6.54 Å². The molecule has 0 aliphatic rings. The average molecular weight is 324 g/mol. The third-order valence-electron chi connectivity index (χ3n) is 3.01. The molecular formula is C15H15BrFNO. The Morgan fingerprint density at radius 3 is 2.58 bits per heavy atom. The summed E-state index contributed by atoms with van der Waals surface area (Å²) >= 11 is 3.39. The van der Waals surface area contributed by atoms with Crippen LogP contribution in [-0.4, -0.2) is 5.11 Å². The van der Waals surface area contributed by atoms with E-state index >= 15 is 0 Å². The minimum Gasteiger partial charge on any atom is -0.508 e. The number of halogens is 2. The lowest BCUT2D eigenvalue weighted by molar-refractivity contribution is 0.457. The third kappa shape index (κ3) is 3.78. The van der Waals surface area contributed by atoms with E-state index in [0.717, 1.165) is 10.0 Å². The summed E-state index contributed by atoms with van der Waals surface area (Å²) in [5.41, 5.74) is 1.70. The zero-order valence-electron chi connectivity index (χ0n) is 10.5. The molecule has 2 N–H and O–H groups in total. The lowest BCUT2D eigenvalue weighted by Crippen LogP contribution is -2.18. The molecule has 0 aliphatic heterocycles.